The van der Waals surface area contributed by atoms with E-state index in [4.69, 9.17) is 37.4 Å². The summed E-state index contributed by atoms with van der Waals surface area (Å²) in [4.78, 5) is 66.6. The van der Waals surface area contributed by atoms with Gasteiger partial charge >= 0.3 is 12.1 Å². The summed E-state index contributed by atoms with van der Waals surface area (Å²) < 4.78 is 16.4. The Labute approximate surface area is 318 Å². The smallest absolute Gasteiger partial charge is 0.408 e. The number of benzene rings is 2. The van der Waals surface area contributed by atoms with Crippen LogP contribution < -0.4 is 16.0 Å². The minimum atomic E-state index is -1.51. The molecule has 13 nitrogen and oxygen atoms in total. The number of H-pyrrole nitrogens is 1. The van der Waals surface area contributed by atoms with Crippen molar-refractivity contribution in [1.29, 1.82) is 0 Å². The molecule has 2 aliphatic rings. The highest BCUT2D eigenvalue weighted by Crippen LogP contribution is 2.38. The molecule has 2 aromatic carbocycles. The molecule has 3 aromatic rings. The number of carbonyl (C=O) groups excluding carboxylic acids is 4. The Kier molecular flexibility index (Phi) is 13.0. The lowest BCUT2D eigenvalue weighted by atomic mass is 9.78. The van der Waals surface area contributed by atoms with E-state index < -0.39 is 41.5 Å². The van der Waals surface area contributed by atoms with Gasteiger partial charge in [-0.1, -0.05) is 94.1 Å². The van der Waals surface area contributed by atoms with Gasteiger partial charge in [0.05, 0.1) is 17.1 Å². The highest BCUT2D eigenvalue weighted by Gasteiger charge is 2.47. The van der Waals surface area contributed by atoms with Gasteiger partial charge in [-0.05, 0) is 54.9 Å². The summed E-state index contributed by atoms with van der Waals surface area (Å²) >= 11 is 13.0. The van der Waals surface area contributed by atoms with E-state index in [0.717, 1.165) is 22.2 Å². The summed E-state index contributed by atoms with van der Waals surface area (Å²) in [7, 11) is 0. The molecule has 284 valence electrons. The molecule has 53 heavy (non-hydrogen) atoms. The Morgan fingerprint density at radius 1 is 1.00 bits per heavy atom. The maximum absolute atomic E-state index is 14.9. The molecule has 1 aromatic heterocycles. The molecule has 3 amide bonds. The average molecular weight is 770 g/mol. The predicted octanol–water partition coefficient (Wildman–Crippen LogP) is 6.04. The number of aromatic nitrogens is 1. The minimum Gasteiger partial charge on any atom is -0.460 e. The number of amides is 3. The van der Waals surface area contributed by atoms with Crippen LogP contribution in [0.3, 0.4) is 0 Å². The number of hydrogen-bond donors (Lipinski definition) is 4. The zero-order valence-electron chi connectivity index (χ0n) is 30.5. The molecule has 2 heterocycles. The minimum absolute atomic E-state index is 0.0217. The molecule has 0 saturated carbocycles. The number of hydrogen-bond acceptors (Lipinski definition) is 9. The summed E-state index contributed by atoms with van der Waals surface area (Å²) in [6, 6.07) is 10.8. The van der Waals surface area contributed by atoms with E-state index in [1.165, 1.54) is 0 Å². The van der Waals surface area contributed by atoms with E-state index in [1.54, 1.807) is 19.1 Å². The zero-order valence-corrected chi connectivity index (χ0v) is 32.0. The van der Waals surface area contributed by atoms with E-state index in [1.807, 2.05) is 58.0 Å². The van der Waals surface area contributed by atoms with E-state index in [0.29, 0.717) is 34.8 Å². The van der Waals surface area contributed by atoms with Crippen LogP contribution >= 0.6 is 23.2 Å². The van der Waals surface area contributed by atoms with Crippen molar-refractivity contribution in [2.24, 2.45) is 21.8 Å². The summed E-state index contributed by atoms with van der Waals surface area (Å²) in [6.07, 6.45) is 1.08. The quantitative estimate of drug-likeness (QED) is 0.145. The van der Waals surface area contributed by atoms with Gasteiger partial charge < -0.3 is 35.1 Å². The maximum Gasteiger partial charge on any atom is 0.408 e. The first kappa shape index (κ1) is 39.6. The predicted molar refractivity (Wildman–Crippen MR) is 203 cm³/mol. The molecule has 0 bridgehead atoms. The number of aromatic amines is 1. The van der Waals surface area contributed by atoms with Gasteiger partial charge in [0.2, 0.25) is 23.5 Å². The maximum atomic E-state index is 14.9. The van der Waals surface area contributed by atoms with Gasteiger partial charge in [-0.3, -0.25) is 9.59 Å². The van der Waals surface area contributed by atoms with E-state index in [2.05, 4.69) is 30.9 Å². The van der Waals surface area contributed by atoms with Crippen LogP contribution in [0, 0.1) is 11.8 Å². The first-order chi connectivity index (χ1) is 25.4. The number of ether oxygens (including phenoxy) is 3. The Morgan fingerprint density at radius 2 is 1.74 bits per heavy atom. The van der Waals surface area contributed by atoms with Crippen LogP contribution in [0.15, 0.2) is 52.4 Å². The van der Waals surface area contributed by atoms with Gasteiger partial charge in [-0.25, -0.2) is 14.6 Å². The van der Waals surface area contributed by atoms with Crippen molar-refractivity contribution in [3.63, 3.8) is 0 Å². The second kappa shape index (κ2) is 17.5. The van der Waals surface area contributed by atoms with Gasteiger partial charge in [-0.2, -0.15) is 4.99 Å². The molecular weight excluding hydrogens is 723 g/mol. The third-order valence-corrected chi connectivity index (χ3v) is 10.5. The fourth-order valence-electron chi connectivity index (χ4n) is 6.50. The molecular formula is C38H46Cl2N6O7. The van der Waals surface area contributed by atoms with Crippen LogP contribution in [-0.4, -0.2) is 71.6 Å². The first-order valence-corrected chi connectivity index (χ1v) is 18.7. The third-order valence-electron chi connectivity index (χ3n) is 9.95. The Bertz CT molecular complexity index is 1900. The number of alkyl carbamates (subject to hydrolysis) is 1. The van der Waals surface area contributed by atoms with E-state index in [-0.39, 0.29) is 56.4 Å². The molecule has 0 radical (unpaired) electrons. The standard InChI is InChI=1S/C38H46Cl2N6O7/c1-6-21(4)29(44-37(50)52-19-23-12-10-9-11-13-23)33(47)46-38(15-14-28-26(18-38)25-16-24(39)17-27(40)31(25)42-28)36(49)43-30(22(5)7-2)34-45-32(41-20-53-34)35(48)51-8-3/h9-13,16-17,21-22,29-30,42H,6-8,14-15,18-20H2,1-5H3,(H,43,49)(H,44,50)(H,46,47)/t21?,22?,29-,30-,38+/m0/s1. The fourth-order valence-corrected chi connectivity index (χ4v) is 7.04. The van der Waals surface area contributed by atoms with Gasteiger partial charge in [0.25, 0.3) is 0 Å². The number of nitrogens with one attached hydrogen (secondary N) is 4. The van der Waals surface area contributed by atoms with Crippen molar-refractivity contribution in [3.05, 3.63) is 69.3 Å². The van der Waals surface area contributed by atoms with Crippen molar-refractivity contribution in [1.82, 2.24) is 20.9 Å². The zero-order chi connectivity index (χ0) is 38.3. The Morgan fingerprint density at radius 3 is 2.43 bits per heavy atom. The highest BCUT2D eigenvalue weighted by atomic mass is 35.5. The molecule has 4 N–H and O–H groups in total. The number of fused-ring (bicyclic) bond motifs is 3. The molecule has 1 aliphatic heterocycles. The summed E-state index contributed by atoms with van der Waals surface area (Å²) in [5.74, 6) is -2.31. The van der Waals surface area contributed by atoms with Crippen LogP contribution in [-0.2, 0) is 48.0 Å². The number of nitrogens with zero attached hydrogens (tertiary/aromatic N) is 2. The van der Waals surface area contributed by atoms with Crippen molar-refractivity contribution in [3.8, 4) is 0 Å². The number of rotatable bonds is 14. The number of halogens is 2. The topological polar surface area (TPSA) is 173 Å². The number of aliphatic imine (C=N–C) groups is 2. The SMILES string of the molecule is CCOC(=O)C1=NCOC([C@@H](NC(=O)[C@@]2(NC(=O)[C@@H](NC(=O)OCc3ccccc3)C(C)CC)CCc3[nH]c4c(Cl)cc(Cl)cc4c3C2)C(C)CC)=N1. The monoisotopic (exact) mass is 768 g/mol. The molecule has 1 aliphatic carbocycles. The van der Waals surface area contributed by atoms with Gasteiger partial charge in [0.15, 0.2) is 6.73 Å². The lowest BCUT2D eigenvalue weighted by Gasteiger charge is -2.40. The number of amidine groups is 1. The average Bonchev–Trinajstić information content (AvgIpc) is 3.52. The van der Waals surface area contributed by atoms with Crippen LogP contribution in [0.1, 0.15) is 70.7 Å². The molecule has 15 heteroatoms. The van der Waals surface area contributed by atoms with Crippen LogP contribution in [0.2, 0.25) is 10.0 Å². The second-order valence-corrected chi connectivity index (χ2v) is 14.3. The molecule has 0 spiro atoms. The van der Waals surface area contributed by atoms with E-state index in [9.17, 15) is 19.2 Å². The largest absolute Gasteiger partial charge is 0.460 e. The van der Waals surface area contributed by atoms with Gasteiger partial charge in [0, 0.05) is 22.5 Å². The summed E-state index contributed by atoms with van der Waals surface area (Å²) in [6.45, 7) is 9.29. The molecule has 0 saturated heterocycles. The number of carbonyl (C=O) groups is 4. The molecule has 2 unspecified atom stereocenters. The van der Waals surface area contributed by atoms with Crippen LogP contribution in [0.25, 0.3) is 10.9 Å². The van der Waals surface area contributed by atoms with Gasteiger partial charge in [0.1, 0.15) is 24.2 Å². The van der Waals surface area contributed by atoms with Crippen molar-refractivity contribution < 1.29 is 33.4 Å². The number of aryl methyl sites for hydroxylation is 1. The fraction of sp³-hybridized carbons (Fsp3) is 0.474. The molecule has 5 atom stereocenters. The van der Waals surface area contributed by atoms with E-state index >= 15 is 0 Å². The second-order valence-electron chi connectivity index (χ2n) is 13.5. The highest BCUT2D eigenvalue weighted by molar-refractivity contribution is 6.38. The van der Waals surface area contributed by atoms with Crippen molar-refractivity contribution in [2.45, 2.75) is 91.0 Å². The van der Waals surface area contributed by atoms with Crippen LogP contribution in [0.5, 0.6) is 0 Å². The molecule has 0 fully saturated rings. The lowest BCUT2D eigenvalue weighted by molar-refractivity contribution is -0.136. The van der Waals surface area contributed by atoms with Crippen LogP contribution in [0.4, 0.5) is 4.79 Å². The lowest BCUT2D eigenvalue weighted by Crippen LogP contribution is -2.67. The number of esters is 1. The Balaban J connectivity index is 1.49. The molecule has 5 rings (SSSR count). The van der Waals surface area contributed by atoms with Gasteiger partial charge in [-0.15, -0.1) is 0 Å². The first-order valence-electron chi connectivity index (χ1n) is 17.9. The summed E-state index contributed by atoms with van der Waals surface area (Å²) in [5.41, 5.74) is 1.62. The Hall–Kier alpha value is -4.62. The van der Waals surface area contributed by atoms with Crippen molar-refractivity contribution >= 4 is 69.7 Å². The normalized spacial score (nSPS) is 18.9. The summed E-state index contributed by atoms with van der Waals surface area (Å²) in [5, 5.41) is 10.5. The van der Waals surface area contributed by atoms with Crippen molar-refractivity contribution in [2.75, 3.05) is 13.3 Å². The third kappa shape index (κ3) is 9.13.